The molecule has 2 aromatic rings. The normalized spacial score (nSPS) is 13.5. The van der Waals surface area contributed by atoms with Crippen LogP contribution in [0.3, 0.4) is 0 Å². The first-order chi connectivity index (χ1) is 9.34. The molecule has 0 aliphatic rings. The van der Waals surface area contributed by atoms with Crippen LogP contribution in [0.1, 0.15) is 29.1 Å². The van der Waals surface area contributed by atoms with Gasteiger partial charge in [0.1, 0.15) is 5.01 Å². The first kappa shape index (κ1) is 15.0. The summed E-state index contributed by atoms with van der Waals surface area (Å²) in [5.41, 5.74) is 0.267. The molecule has 1 N–H and O–H groups in total. The minimum absolute atomic E-state index is 0.0688. The number of aromatic nitrogens is 1. The predicted molar refractivity (Wildman–Crippen MR) is 74.8 cm³/mol. The van der Waals surface area contributed by atoms with Gasteiger partial charge in [-0.25, -0.2) is 4.98 Å². The topological polar surface area (TPSA) is 24.9 Å². The molecule has 2 rings (SSSR count). The van der Waals surface area contributed by atoms with Crippen LogP contribution in [-0.2, 0) is 6.18 Å². The second kappa shape index (κ2) is 5.54. The van der Waals surface area contributed by atoms with Crippen LogP contribution in [0, 0.1) is 6.92 Å². The number of nitrogens with one attached hydrogen (secondary N) is 1. The van der Waals surface area contributed by atoms with E-state index in [1.807, 2.05) is 20.9 Å². The van der Waals surface area contributed by atoms with Crippen LogP contribution < -0.4 is 5.32 Å². The Balaban J connectivity index is 2.53. The van der Waals surface area contributed by atoms with Crippen molar-refractivity contribution in [3.05, 3.63) is 40.4 Å². The third kappa shape index (κ3) is 2.86. The van der Waals surface area contributed by atoms with Gasteiger partial charge in [0.05, 0.1) is 11.3 Å². The lowest BCUT2D eigenvalue weighted by Crippen LogP contribution is -2.11. The lowest BCUT2D eigenvalue weighted by atomic mass is 10.1. The minimum Gasteiger partial charge on any atom is -0.312 e. The van der Waals surface area contributed by atoms with Gasteiger partial charge >= 0.3 is 6.18 Å². The van der Waals surface area contributed by atoms with Crippen molar-refractivity contribution in [3.63, 3.8) is 0 Å². The van der Waals surface area contributed by atoms with E-state index in [0.29, 0.717) is 5.01 Å². The highest BCUT2D eigenvalue weighted by atomic mass is 32.1. The maximum absolute atomic E-state index is 13.0. The highest BCUT2D eigenvalue weighted by Gasteiger charge is 2.34. The fourth-order valence-electron chi connectivity index (χ4n) is 1.97. The zero-order valence-electron chi connectivity index (χ0n) is 11.4. The number of benzene rings is 1. The first-order valence-corrected chi connectivity index (χ1v) is 6.97. The SMILES string of the molecule is CNC(C)c1sc(-c2ccccc2C(F)(F)F)nc1C. The molecule has 0 aliphatic heterocycles. The fourth-order valence-corrected chi connectivity index (χ4v) is 3.14. The van der Waals surface area contributed by atoms with E-state index in [0.717, 1.165) is 16.6 Å². The molecule has 0 amide bonds. The molecule has 6 heteroatoms. The second-order valence-electron chi connectivity index (χ2n) is 4.52. The number of hydrogen-bond acceptors (Lipinski definition) is 3. The van der Waals surface area contributed by atoms with Crippen LogP contribution in [0.2, 0.25) is 0 Å². The molecule has 0 radical (unpaired) electrons. The van der Waals surface area contributed by atoms with E-state index >= 15 is 0 Å². The highest BCUT2D eigenvalue weighted by molar-refractivity contribution is 7.15. The smallest absolute Gasteiger partial charge is 0.312 e. The molecule has 1 unspecified atom stereocenters. The molecule has 1 aromatic carbocycles. The van der Waals surface area contributed by atoms with E-state index in [-0.39, 0.29) is 11.6 Å². The number of aryl methyl sites for hydroxylation is 1. The summed E-state index contributed by atoms with van der Waals surface area (Å²) in [6.07, 6.45) is -4.37. The molecule has 20 heavy (non-hydrogen) atoms. The molecule has 2 nitrogen and oxygen atoms in total. The summed E-state index contributed by atoms with van der Waals surface area (Å²) >= 11 is 1.30. The summed E-state index contributed by atoms with van der Waals surface area (Å²) in [5.74, 6) is 0. The van der Waals surface area contributed by atoms with Crippen molar-refractivity contribution < 1.29 is 13.2 Å². The van der Waals surface area contributed by atoms with Gasteiger partial charge in [-0.2, -0.15) is 13.2 Å². The third-order valence-electron chi connectivity index (χ3n) is 3.12. The van der Waals surface area contributed by atoms with Crippen LogP contribution in [0.15, 0.2) is 24.3 Å². The Morgan fingerprint density at radius 2 is 1.90 bits per heavy atom. The number of thiazole rings is 1. The van der Waals surface area contributed by atoms with Gasteiger partial charge in [-0.1, -0.05) is 18.2 Å². The van der Waals surface area contributed by atoms with E-state index in [2.05, 4.69) is 10.3 Å². The quantitative estimate of drug-likeness (QED) is 0.907. The summed E-state index contributed by atoms with van der Waals surface area (Å²) in [6, 6.07) is 5.62. The van der Waals surface area contributed by atoms with Crippen molar-refractivity contribution >= 4 is 11.3 Å². The monoisotopic (exact) mass is 300 g/mol. The molecule has 0 saturated heterocycles. The summed E-state index contributed by atoms with van der Waals surface area (Å²) in [6.45, 7) is 3.78. The van der Waals surface area contributed by atoms with Crippen molar-refractivity contribution in [1.82, 2.24) is 10.3 Å². The summed E-state index contributed by atoms with van der Waals surface area (Å²) in [4.78, 5) is 5.26. The van der Waals surface area contributed by atoms with Gasteiger partial charge in [-0.3, -0.25) is 0 Å². The van der Waals surface area contributed by atoms with E-state index in [4.69, 9.17) is 0 Å². The van der Waals surface area contributed by atoms with E-state index in [9.17, 15) is 13.2 Å². The summed E-state index contributed by atoms with van der Waals surface area (Å²) in [7, 11) is 1.81. The maximum atomic E-state index is 13.0. The molecular weight excluding hydrogens is 285 g/mol. The average molecular weight is 300 g/mol. The van der Waals surface area contributed by atoms with E-state index in [1.165, 1.54) is 23.5 Å². The van der Waals surface area contributed by atoms with Crippen LogP contribution in [0.5, 0.6) is 0 Å². The highest BCUT2D eigenvalue weighted by Crippen LogP contribution is 2.39. The largest absolute Gasteiger partial charge is 0.417 e. The molecule has 1 atom stereocenters. The van der Waals surface area contributed by atoms with Crippen molar-refractivity contribution in [3.8, 4) is 10.6 Å². The van der Waals surface area contributed by atoms with Crippen molar-refractivity contribution in [2.45, 2.75) is 26.1 Å². The molecule has 0 fully saturated rings. The predicted octanol–water partition coefficient (Wildman–Crippen LogP) is 4.42. The average Bonchev–Trinajstić information content (AvgIpc) is 2.79. The minimum atomic E-state index is -4.37. The van der Waals surface area contributed by atoms with Crippen LogP contribution >= 0.6 is 11.3 Å². The molecule has 0 bridgehead atoms. The Morgan fingerprint density at radius 3 is 2.50 bits per heavy atom. The number of halogens is 3. The van der Waals surface area contributed by atoms with Gasteiger partial charge in [0, 0.05) is 16.5 Å². The fraction of sp³-hybridized carbons (Fsp3) is 0.357. The molecule has 1 aromatic heterocycles. The standard InChI is InChI=1S/C14H15F3N2S/c1-8(18-3)12-9(2)19-13(20-12)10-6-4-5-7-11(10)14(15,16)17/h4-8,18H,1-3H3. The van der Waals surface area contributed by atoms with Crippen molar-refractivity contribution in [2.75, 3.05) is 7.05 Å². The Bertz CT molecular complexity index is 605. The van der Waals surface area contributed by atoms with Gasteiger partial charge < -0.3 is 5.32 Å². The van der Waals surface area contributed by atoms with Gasteiger partial charge in [0.25, 0.3) is 0 Å². The third-order valence-corrected chi connectivity index (χ3v) is 4.50. The molecule has 0 aliphatic carbocycles. The van der Waals surface area contributed by atoms with Gasteiger partial charge in [-0.05, 0) is 27.0 Å². The Morgan fingerprint density at radius 1 is 1.25 bits per heavy atom. The second-order valence-corrected chi connectivity index (χ2v) is 5.55. The molecule has 1 heterocycles. The van der Waals surface area contributed by atoms with Crippen molar-refractivity contribution in [1.29, 1.82) is 0 Å². The Hall–Kier alpha value is -1.40. The first-order valence-electron chi connectivity index (χ1n) is 6.15. The Labute approximate surface area is 119 Å². The Kier molecular flexibility index (Phi) is 4.15. The van der Waals surface area contributed by atoms with Gasteiger partial charge in [0.2, 0.25) is 0 Å². The maximum Gasteiger partial charge on any atom is 0.417 e. The molecular formula is C14H15F3N2S. The van der Waals surface area contributed by atoms with E-state index < -0.39 is 11.7 Å². The zero-order chi connectivity index (χ0) is 14.9. The lowest BCUT2D eigenvalue weighted by Gasteiger charge is -2.10. The zero-order valence-corrected chi connectivity index (χ0v) is 12.2. The molecule has 0 saturated carbocycles. The van der Waals surface area contributed by atoms with Crippen LogP contribution in [0.4, 0.5) is 13.2 Å². The summed E-state index contributed by atoms with van der Waals surface area (Å²) in [5, 5.41) is 3.49. The number of hydrogen-bond donors (Lipinski definition) is 1. The van der Waals surface area contributed by atoms with Gasteiger partial charge in [-0.15, -0.1) is 11.3 Å². The van der Waals surface area contributed by atoms with Gasteiger partial charge in [0.15, 0.2) is 0 Å². The lowest BCUT2D eigenvalue weighted by molar-refractivity contribution is -0.137. The van der Waals surface area contributed by atoms with E-state index in [1.54, 1.807) is 6.07 Å². The van der Waals surface area contributed by atoms with Crippen LogP contribution in [-0.4, -0.2) is 12.0 Å². The molecule has 108 valence electrons. The van der Waals surface area contributed by atoms with Crippen LogP contribution in [0.25, 0.3) is 10.6 Å². The number of nitrogens with zero attached hydrogens (tertiary/aromatic N) is 1. The van der Waals surface area contributed by atoms with Crippen molar-refractivity contribution in [2.24, 2.45) is 0 Å². The summed E-state index contributed by atoms with van der Waals surface area (Å²) < 4.78 is 39.1. The number of rotatable bonds is 3. The number of alkyl halides is 3. The molecule has 0 spiro atoms.